The summed E-state index contributed by atoms with van der Waals surface area (Å²) in [6.07, 6.45) is 5.37. The van der Waals surface area contributed by atoms with Crippen molar-refractivity contribution in [3.8, 4) is 0 Å². The van der Waals surface area contributed by atoms with Crippen molar-refractivity contribution in [2.75, 3.05) is 13.2 Å². The molecule has 4 heteroatoms. The Labute approximate surface area is 110 Å². The van der Waals surface area contributed by atoms with Crippen LogP contribution in [-0.4, -0.2) is 36.2 Å². The molecule has 0 aromatic carbocycles. The van der Waals surface area contributed by atoms with E-state index in [1.54, 1.807) is 0 Å². The summed E-state index contributed by atoms with van der Waals surface area (Å²) >= 11 is 0. The summed E-state index contributed by atoms with van der Waals surface area (Å²) < 4.78 is 0. The van der Waals surface area contributed by atoms with Crippen molar-refractivity contribution in [1.29, 1.82) is 0 Å². The molecule has 1 heterocycles. The number of carbonyl (C=O) groups is 1. The molecule has 3 N–H and O–H groups in total. The minimum atomic E-state index is -0.0915. The SMILES string of the molecule is CC1(C)CCCNC1C(=O)NC1CCCC1CO. The van der Waals surface area contributed by atoms with E-state index in [4.69, 9.17) is 0 Å². The molecular formula is C14H26N2O2. The fourth-order valence-corrected chi connectivity index (χ4v) is 3.37. The first-order valence-corrected chi connectivity index (χ1v) is 7.19. The molecule has 2 fully saturated rings. The van der Waals surface area contributed by atoms with Gasteiger partial charge < -0.3 is 15.7 Å². The molecule has 0 aromatic rings. The average molecular weight is 254 g/mol. The van der Waals surface area contributed by atoms with Crippen LogP contribution in [0.15, 0.2) is 0 Å². The second kappa shape index (κ2) is 5.57. The fraction of sp³-hybridized carbons (Fsp3) is 0.929. The van der Waals surface area contributed by atoms with Crippen molar-refractivity contribution in [2.24, 2.45) is 11.3 Å². The molecule has 18 heavy (non-hydrogen) atoms. The summed E-state index contributed by atoms with van der Waals surface area (Å²) in [6.45, 7) is 5.42. The Bertz CT molecular complexity index is 304. The molecule has 2 aliphatic rings. The Morgan fingerprint density at radius 1 is 1.39 bits per heavy atom. The lowest BCUT2D eigenvalue weighted by atomic mass is 9.77. The summed E-state index contributed by atoms with van der Waals surface area (Å²) in [7, 11) is 0. The Hall–Kier alpha value is -0.610. The third kappa shape index (κ3) is 2.86. The molecule has 3 unspecified atom stereocenters. The van der Waals surface area contributed by atoms with Crippen LogP contribution in [-0.2, 0) is 4.79 Å². The number of carbonyl (C=O) groups excluding carboxylic acids is 1. The van der Waals surface area contributed by atoms with Crippen LogP contribution in [0.5, 0.6) is 0 Å². The highest BCUT2D eigenvalue weighted by Gasteiger charge is 2.39. The molecule has 104 valence electrons. The number of rotatable bonds is 3. The van der Waals surface area contributed by atoms with Crippen LogP contribution in [0.3, 0.4) is 0 Å². The minimum absolute atomic E-state index is 0.0235. The van der Waals surface area contributed by atoms with Crippen LogP contribution in [0.25, 0.3) is 0 Å². The molecule has 1 saturated heterocycles. The van der Waals surface area contributed by atoms with E-state index in [2.05, 4.69) is 24.5 Å². The topological polar surface area (TPSA) is 61.4 Å². The van der Waals surface area contributed by atoms with Gasteiger partial charge in [0.1, 0.15) is 0 Å². The zero-order chi connectivity index (χ0) is 13.2. The first-order valence-electron chi connectivity index (χ1n) is 7.19. The standard InChI is InChI=1S/C14H26N2O2/c1-14(2)7-4-8-15-12(14)13(18)16-11-6-3-5-10(11)9-17/h10-12,15,17H,3-9H2,1-2H3,(H,16,18). The number of piperidine rings is 1. The molecule has 1 aliphatic heterocycles. The number of hydrogen-bond donors (Lipinski definition) is 3. The predicted octanol–water partition coefficient (Wildman–Crippen LogP) is 1.04. The maximum Gasteiger partial charge on any atom is 0.237 e. The van der Waals surface area contributed by atoms with Gasteiger partial charge in [0.15, 0.2) is 0 Å². The number of hydrogen-bond acceptors (Lipinski definition) is 3. The molecular weight excluding hydrogens is 228 g/mol. The maximum atomic E-state index is 12.4. The van der Waals surface area contributed by atoms with E-state index in [0.29, 0.717) is 0 Å². The molecule has 4 nitrogen and oxygen atoms in total. The van der Waals surface area contributed by atoms with Gasteiger partial charge in [0, 0.05) is 18.6 Å². The number of amides is 1. The smallest absolute Gasteiger partial charge is 0.237 e. The summed E-state index contributed by atoms with van der Waals surface area (Å²) in [5.74, 6) is 0.366. The van der Waals surface area contributed by atoms with E-state index < -0.39 is 0 Å². The van der Waals surface area contributed by atoms with Crippen LogP contribution >= 0.6 is 0 Å². The monoisotopic (exact) mass is 254 g/mol. The number of aliphatic hydroxyl groups excluding tert-OH is 1. The van der Waals surface area contributed by atoms with Crippen molar-refractivity contribution in [2.45, 2.75) is 58.0 Å². The van der Waals surface area contributed by atoms with Gasteiger partial charge in [0.2, 0.25) is 5.91 Å². The van der Waals surface area contributed by atoms with Gasteiger partial charge >= 0.3 is 0 Å². The number of nitrogens with one attached hydrogen (secondary N) is 2. The Morgan fingerprint density at radius 2 is 2.17 bits per heavy atom. The van der Waals surface area contributed by atoms with Gasteiger partial charge in [0.25, 0.3) is 0 Å². The summed E-state index contributed by atoms with van der Waals surface area (Å²) in [5.41, 5.74) is 0.0235. The van der Waals surface area contributed by atoms with E-state index in [9.17, 15) is 9.90 Å². The molecule has 1 aliphatic carbocycles. The Kier molecular flexibility index (Phi) is 4.28. The molecule has 1 amide bonds. The Balaban J connectivity index is 1.94. The quantitative estimate of drug-likeness (QED) is 0.705. The van der Waals surface area contributed by atoms with Gasteiger partial charge in [0.05, 0.1) is 6.04 Å². The molecule has 0 bridgehead atoms. The minimum Gasteiger partial charge on any atom is -0.396 e. The molecule has 0 spiro atoms. The number of aliphatic hydroxyl groups is 1. The second-order valence-electron chi connectivity index (χ2n) is 6.47. The molecule has 0 radical (unpaired) electrons. The van der Waals surface area contributed by atoms with Crippen molar-refractivity contribution in [3.63, 3.8) is 0 Å². The van der Waals surface area contributed by atoms with E-state index >= 15 is 0 Å². The van der Waals surface area contributed by atoms with Crippen LogP contribution < -0.4 is 10.6 Å². The van der Waals surface area contributed by atoms with Gasteiger partial charge in [-0.3, -0.25) is 4.79 Å². The summed E-state index contributed by atoms with van der Waals surface area (Å²) in [4.78, 5) is 12.4. The molecule has 0 aromatic heterocycles. The molecule has 1 saturated carbocycles. The van der Waals surface area contributed by atoms with Crippen molar-refractivity contribution < 1.29 is 9.90 Å². The van der Waals surface area contributed by atoms with Gasteiger partial charge in [-0.25, -0.2) is 0 Å². The lowest BCUT2D eigenvalue weighted by Crippen LogP contribution is -2.57. The van der Waals surface area contributed by atoms with Crippen molar-refractivity contribution >= 4 is 5.91 Å². The van der Waals surface area contributed by atoms with Crippen LogP contribution in [0.4, 0.5) is 0 Å². The van der Waals surface area contributed by atoms with Crippen molar-refractivity contribution in [3.05, 3.63) is 0 Å². The third-order valence-corrected chi connectivity index (χ3v) is 4.61. The van der Waals surface area contributed by atoms with Crippen LogP contribution in [0.2, 0.25) is 0 Å². The normalized spacial score (nSPS) is 35.4. The van der Waals surface area contributed by atoms with Crippen LogP contribution in [0.1, 0.15) is 46.0 Å². The van der Waals surface area contributed by atoms with Crippen molar-refractivity contribution in [1.82, 2.24) is 10.6 Å². The van der Waals surface area contributed by atoms with E-state index in [0.717, 1.165) is 38.6 Å². The van der Waals surface area contributed by atoms with Gasteiger partial charge in [-0.15, -0.1) is 0 Å². The maximum absolute atomic E-state index is 12.4. The first-order chi connectivity index (χ1) is 8.54. The Morgan fingerprint density at radius 3 is 2.83 bits per heavy atom. The summed E-state index contributed by atoms with van der Waals surface area (Å²) in [6, 6.07) is 0.0771. The lowest BCUT2D eigenvalue weighted by molar-refractivity contribution is -0.127. The van der Waals surface area contributed by atoms with E-state index in [-0.39, 0.29) is 35.9 Å². The third-order valence-electron chi connectivity index (χ3n) is 4.61. The lowest BCUT2D eigenvalue weighted by Gasteiger charge is -2.39. The highest BCUT2D eigenvalue weighted by Crippen LogP contribution is 2.31. The largest absolute Gasteiger partial charge is 0.396 e. The van der Waals surface area contributed by atoms with E-state index in [1.165, 1.54) is 0 Å². The summed E-state index contributed by atoms with van der Waals surface area (Å²) in [5, 5.41) is 15.8. The van der Waals surface area contributed by atoms with Gasteiger partial charge in [-0.1, -0.05) is 20.3 Å². The zero-order valence-electron chi connectivity index (χ0n) is 11.5. The first kappa shape index (κ1) is 13.8. The molecule has 3 atom stereocenters. The van der Waals surface area contributed by atoms with E-state index in [1.807, 2.05) is 0 Å². The highest BCUT2D eigenvalue weighted by molar-refractivity contribution is 5.83. The second-order valence-corrected chi connectivity index (χ2v) is 6.47. The van der Waals surface area contributed by atoms with Crippen LogP contribution in [0, 0.1) is 11.3 Å². The average Bonchev–Trinajstić information content (AvgIpc) is 2.75. The van der Waals surface area contributed by atoms with Gasteiger partial charge in [-0.05, 0) is 37.6 Å². The molecule has 2 rings (SSSR count). The fourth-order valence-electron chi connectivity index (χ4n) is 3.37. The highest BCUT2D eigenvalue weighted by atomic mass is 16.3. The predicted molar refractivity (Wildman–Crippen MR) is 71.2 cm³/mol. The zero-order valence-corrected chi connectivity index (χ0v) is 11.5. The van der Waals surface area contributed by atoms with Gasteiger partial charge in [-0.2, -0.15) is 0 Å².